The van der Waals surface area contributed by atoms with Gasteiger partial charge in [0.15, 0.2) is 0 Å². The Bertz CT molecular complexity index is 1750. The van der Waals surface area contributed by atoms with Crippen LogP contribution in [0.4, 0.5) is 9.18 Å². The molecular formula is C27H23FN4O4S. The van der Waals surface area contributed by atoms with Crippen molar-refractivity contribution in [1.29, 1.82) is 0 Å². The standard InChI is InChI=1S/C27H23FN4O4S/c28-20-7-8-23-24(17-31(26(23)15-20)37(35,36)22-4-2-1-3-5-22)18-6-9-25-19(14-18)16-29-32(25)21-10-12-30(13-11-21)27(33)34/h1-9,14-17,21H,10-13H2,(H,33,34). The Kier molecular flexibility index (Phi) is 5.49. The Morgan fingerprint density at radius 2 is 1.73 bits per heavy atom. The molecule has 8 nitrogen and oxygen atoms in total. The number of carbonyl (C=O) groups is 1. The molecule has 0 radical (unpaired) electrons. The summed E-state index contributed by atoms with van der Waals surface area (Å²) in [7, 11) is -3.95. The number of hydrogen-bond acceptors (Lipinski definition) is 4. The van der Waals surface area contributed by atoms with E-state index in [0.29, 0.717) is 36.9 Å². The molecule has 3 heterocycles. The molecule has 0 bridgehead atoms. The van der Waals surface area contributed by atoms with Crippen LogP contribution < -0.4 is 0 Å². The second-order valence-electron chi connectivity index (χ2n) is 9.18. The van der Waals surface area contributed by atoms with E-state index >= 15 is 0 Å². The maximum Gasteiger partial charge on any atom is 0.407 e. The van der Waals surface area contributed by atoms with Gasteiger partial charge in [0.1, 0.15) is 5.82 Å². The van der Waals surface area contributed by atoms with E-state index in [4.69, 9.17) is 0 Å². The molecule has 2 aromatic heterocycles. The van der Waals surface area contributed by atoms with E-state index in [2.05, 4.69) is 5.10 Å². The molecule has 1 aliphatic rings. The van der Waals surface area contributed by atoms with E-state index < -0.39 is 21.9 Å². The number of amides is 1. The summed E-state index contributed by atoms with van der Waals surface area (Å²) >= 11 is 0. The van der Waals surface area contributed by atoms with Crippen molar-refractivity contribution in [1.82, 2.24) is 18.7 Å². The number of hydrogen-bond donors (Lipinski definition) is 1. The van der Waals surface area contributed by atoms with Crippen LogP contribution in [0.3, 0.4) is 0 Å². The van der Waals surface area contributed by atoms with Gasteiger partial charge in [-0.1, -0.05) is 24.3 Å². The van der Waals surface area contributed by atoms with Crippen LogP contribution in [0.1, 0.15) is 18.9 Å². The van der Waals surface area contributed by atoms with Crippen molar-refractivity contribution >= 4 is 37.9 Å². The van der Waals surface area contributed by atoms with Crippen molar-refractivity contribution in [2.45, 2.75) is 23.8 Å². The molecule has 1 fully saturated rings. The highest BCUT2D eigenvalue weighted by Crippen LogP contribution is 2.36. The highest BCUT2D eigenvalue weighted by Gasteiger charge is 2.26. The molecule has 6 rings (SSSR count). The Labute approximate surface area is 212 Å². The van der Waals surface area contributed by atoms with Crippen LogP contribution in [0, 0.1) is 5.82 Å². The quantitative estimate of drug-likeness (QED) is 0.346. The lowest BCUT2D eigenvalue weighted by atomic mass is 10.0. The minimum absolute atomic E-state index is 0.0971. The second kappa shape index (κ2) is 8.74. The van der Waals surface area contributed by atoms with Gasteiger partial charge in [-0.15, -0.1) is 0 Å². The van der Waals surface area contributed by atoms with Crippen molar-refractivity contribution in [3.05, 3.63) is 84.9 Å². The topological polar surface area (TPSA) is 97.4 Å². The van der Waals surface area contributed by atoms with Crippen molar-refractivity contribution in [3.8, 4) is 11.1 Å². The molecule has 0 saturated carbocycles. The summed E-state index contributed by atoms with van der Waals surface area (Å²) in [6, 6.07) is 18.1. The maximum absolute atomic E-state index is 14.2. The summed E-state index contributed by atoms with van der Waals surface area (Å²) in [4.78, 5) is 12.8. The zero-order valence-electron chi connectivity index (χ0n) is 19.7. The van der Waals surface area contributed by atoms with Crippen molar-refractivity contribution < 1.29 is 22.7 Å². The lowest BCUT2D eigenvalue weighted by Crippen LogP contribution is -2.38. The van der Waals surface area contributed by atoms with E-state index in [0.717, 1.165) is 20.4 Å². The minimum Gasteiger partial charge on any atom is -0.465 e. The van der Waals surface area contributed by atoms with Gasteiger partial charge in [0, 0.05) is 35.6 Å². The molecule has 0 spiro atoms. The van der Waals surface area contributed by atoms with Gasteiger partial charge in [0.25, 0.3) is 10.0 Å². The predicted molar refractivity (Wildman–Crippen MR) is 138 cm³/mol. The normalized spacial score (nSPS) is 15.0. The largest absolute Gasteiger partial charge is 0.465 e. The molecule has 5 aromatic rings. The number of benzene rings is 3. The first-order chi connectivity index (χ1) is 17.8. The molecule has 1 amide bonds. The van der Waals surface area contributed by atoms with Gasteiger partial charge in [0.2, 0.25) is 0 Å². The fraction of sp³-hybridized carbons (Fsp3) is 0.185. The van der Waals surface area contributed by atoms with E-state index in [-0.39, 0.29) is 16.5 Å². The molecule has 0 aliphatic carbocycles. The van der Waals surface area contributed by atoms with Gasteiger partial charge in [-0.3, -0.25) is 4.68 Å². The number of halogens is 1. The zero-order chi connectivity index (χ0) is 25.7. The first-order valence-corrected chi connectivity index (χ1v) is 13.3. The highest BCUT2D eigenvalue weighted by atomic mass is 32.2. The van der Waals surface area contributed by atoms with Crippen molar-refractivity contribution in [2.24, 2.45) is 0 Å². The molecular weight excluding hydrogens is 495 g/mol. The molecule has 1 aliphatic heterocycles. The summed E-state index contributed by atoms with van der Waals surface area (Å²) in [5.41, 5.74) is 2.63. The highest BCUT2D eigenvalue weighted by molar-refractivity contribution is 7.90. The smallest absolute Gasteiger partial charge is 0.407 e. The minimum atomic E-state index is -3.95. The summed E-state index contributed by atoms with van der Waals surface area (Å²) in [6.07, 6.45) is 3.77. The van der Waals surface area contributed by atoms with Gasteiger partial charge in [-0.25, -0.2) is 21.6 Å². The van der Waals surface area contributed by atoms with E-state index in [1.165, 1.54) is 29.2 Å². The molecule has 1 saturated heterocycles. The average Bonchev–Trinajstić information content (AvgIpc) is 3.50. The van der Waals surface area contributed by atoms with E-state index in [1.807, 2.05) is 22.9 Å². The molecule has 188 valence electrons. The third-order valence-corrected chi connectivity index (χ3v) is 8.71. The monoisotopic (exact) mass is 518 g/mol. The van der Waals surface area contributed by atoms with E-state index in [1.54, 1.807) is 36.7 Å². The lowest BCUT2D eigenvalue weighted by molar-refractivity contribution is 0.124. The Morgan fingerprint density at radius 3 is 2.46 bits per heavy atom. The fourth-order valence-corrected chi connectivity index (χ4v) is 6.50. The number of nitrogens with zero attached hydrogens (tertiary/aromatic N) is 4. The van der Waals surface area contributed by atoms with Crippen LogP contribution in [0.25, 0.3) is 32.9 Å². The molecule has 37 heavy (non-hydrogen) atoms. The van der Waals surface area contributed by atoms with Gasteiger partial charge in [0.05, 0.1) is 28.2 Å². The second-order valence-corrected chi connectivity index (χ2v) is 11.0. The molecule has 10 heteroatoms. The van der Waals surface area contributed by atoms with Crippen LogP contribution in [0.5, 0.6) is 0 Å². The number of carboxylic acid groups (broad SMARTS) is 1. The average molecular weight is 519 g/mol. The molecule has 1 N–H and O–H groups in total. The summed E-state index contributed by atoms with van der Waals surface area (Å²) < 4.78 is 44.2. The summed E-state index contributed by atoms with van der Waals surface area (Å²) in [6.45, 7) is 0.927. The fourth-order valence-electron chi connectivity index (χ4n) is 5.12. The molecule has 0 unspecified atom stereocenters. The first kappa shape index (κ1) is 23.2. The van der Waals surface area contributed by atoms with Crippen LogP contribution in [-0.4, -0.2) is 51.4 Å². The summed E-state index contributed by atoms with van der Waals surface area (Å²) in [5.74, 6) is -0.521. The maximum atomic E-state index is 14.2. The molecule has 3 aromatic carbocycles. The lowest BCUT2D eigenvalue weighted by Gasteiger charge is -2.30. The SMILES string of the molecule is O=C(O)N1CCC(n2ncc3cc(-c4cn(S(=O)(=O)c5ccccc5)c5cc(F)ccc45)ccc32)CC1. The van der Waals surface area contributed by atoms with Crippen molar-refractivity contribution in [2.75, 3.05) is 13.1 Å². The third kappa shape index (κ3) is 3.93. The Balaban J connectivity index is 1.42. The van der Waals surface area contributed by atoms with Gasteiger partial charge in [-0.05, 0) is 60.9 Å². The zero-order valence-corrected chi connectivity index (χ0v) is 20.5. The number of fused-ring (bicyclic) bond motifs is 2. The number of rotatable bonds is 4. The molecule has 0 atom stereocenters. The first-order valence-electron chi connectivity index (χ1n) is 11.9. The van der Waals surface area contributed by atoms with Crippen LogP contribution in [-0.2, 0) is 10.0 Å². The third-order valence-electron chi connectivity index (χ3n) is 7.02. The number of likely N-dealkylation sites (tertiary alicyclic amines) is 1. The predicted octanol–water partition coefficient (Wildman–Crippen LogP) is 5.35. The van der Waals surface area contributed by atoms with Crippen LogP contribution in [0.2, 0.25) is 0 Å². The van der Waals surface area contributed by atoms with Crippen LogP contribution in [0.15, 0.2) is 84.0 Å². The Morgan fingerprint density at radius 1 is 0.973 bits per heavy atom. The number of piperidine rings is 1. The van der Waals surface area contributed by atoms with E-state index in [9.17, 15) is 22.7 Å². The Hall–Kier alpha value is -4.18. The van der Waals surface area contributed by atoms with Crippen molar-refractivity contribution in [3.63, 3.8) is 0 Å². The number of aromatic nitrogens is 3. The van der Waals surface area contributed by atoms with Gasteiger partial charge < -0.3 is 10.0 Å². The van der Waals surface area contributed by atoms with Crippen LogP contribution >= 0.6 is 0 Å². The summed E-state index contributed by atoms with van der Waals surface area (Å²) in [5, 5.41) is 15.3. The van der Waals surface area contributed by atoms with Gasteiger partial charge >= 0.3 is 6.09 Å². The van der Waals surface area contributed by atoms with Gasteiger partial charge in [-0.2, -0.15) is 5.10 Å².